The van der Waals surface area contributed by atoms with Crippen LogP contribution in [0.1, 0.15) is 34.7 Å². The Bertz CT molecular complexity index is 761. The lowest BCUT2D eigenvalue weighted by Gasteiger charge is -2.28. The molecule has 0 N–H and O–H groups in total. The predicted molar refractivity (Wildman–Crippen MR) is 92.9 cm³/mol. The molecule has 4 rings (SSSR count). The summed E-state index contributed by atoms with van der Waals surface area (Å²) < 4.78 is 13.9. The van der Waals surface area contributed by atoms with Crippen LogP contribution in [0.2, 0.25) is 0 Å². The van der Waals surface area contributed by atoms with Gasteiger partial charge in [0, 0.05) is 29.8 Å². The number of hydrogen-bond donors (Lipinski definition) is 0. The highest BCUT2D eigenvalue weighted by atomic mass is 19.1. The zero-order valence-electron chi connectivity index (χ0n) is 13.8. The van der Waals surface area contributed by atoms with E-state index in [1.54, 1.807) is 12.1 Å². The Balaban J connectivity index is 1.80. The van der Waals surface area contributed by atoms with Gasteiger partial charge in [0.15, 0.2) is 0 Å². The van der Waals surface area contributed by atoms with Gasteiger partial charge in [-0.2, -0.15) is 0 Å². The van der Waals surface area contributed by atoms with Gasteiger partial charge in [0.2, 0.25) is 0 Å². The van der Waals surface area contributed by atoms with Crippen molar-refractivity contribution in [1.82, 2.24) is 4.90 Å². The molecule has 2 atom stereocenters. The van der Waals surface area contributed by atoms with Crippen LogP contribution in [0.4, 0.5) is 10.1 Å². The molecule has 0 radical (unpaired) electrons. The molecule has 1 fully saturated rings. The van der Waals surface area contributed by atoms with Gasteiger partial charge in [-0.05, 0) is 62.3 Å². The molecule has 2 aliphatic rings. The molecule has 4 heteroatoms. The number of fused-ring (bicyclic) bond motifs is 3. The van der Waals surface area contributed by atoms with Gasteiger partial charge in [0.25, 0.3) is 5.91 Å². The van der Waals surface area contributed by atoms with E-state index in [1.807, 2.05) is 35.2 Å². The number of hydrogen-bond acceptors (Lipinski definition) is 2. The number of likely N-dealkylation sites (N-methyl/N-ethyl adjacent to an activating group) is 1. The Morgan fingerprint density at radius 3 is 2.75 bits per heavy atom. The van der Waals surface area contributed by atoms with Crippen LogP contribution in [0.25, 0.3) is 0 Å². The van der Waals surface area contributed by atoms with E-state index in [0.29, 0.717) is 5.56 Å². The Morgan fingerprint density at radius 2 is 1.96 bits per heavy atom. The number of carbonyl (C=O) groups is 1. The minimum absolute atomic E-state index is 0.0144. The van der Waals surface area contributed by atoms with Crippen molar-refractivity contribution in [3.8, 4) is 0 Å². The van der Waals surface area contributed by atoms with E-state index >= 15 is 0 Å². The predicted octanol–water partition coefficient (Wildman–Crippen LogP) is 3.66. The van der Waals surface area contributed by atoms with Crippen LogP contribution in [0.15, 0.2) is 48.5 Å². The fourth-order valence-electron chi connectivity index (χ4n) is 4.14. The fraction of sp³-hybridized carbons (Fsp3) is 0.350. The summed E-state index contributed by atoms with van der Waals surface area (Å²) in [6.45, 7) is 1.88. The molecule has 0 spiro atoms. The smallest absolute Gasteiger partial charge is 0.258 e. The molecule has 1 saturated heterocycles. The number of halogens is 1. The topological polar surface area (TPSA) is 23.6 Å². The first-order chi connectivity index (χ1) is 11.6. The van der Waals surface area contributed by atoms with Crippen molar-refractivity contribution in [3.63, 3.8) is 0 Å². The largest absolute Gasteiger partial charge is 0.306 e. The number of likely N-dealkylation sites (tertiary alicyclic amines) is 1. The maximum Gasteiger partial charge on any atom is 0.258 e. The van der Waals surface area contributed by atoms with Gasteiger partial charge in [0.1, 0.15) is 5.82 Å². The molecule has 24 heavy (non-hydrogen) atoms. The first kappa shape index (κ1) is 15.3. The molecule has 124 valence electrons. The first-order valence-corrected chi connectivity index (χ1v) is 8.52. The molecular weight excluding hydrogens is 303 g/mol. The molecule has 0 saturated carbocycles. The summed E-state index contributed by atoms with van der Waals surface area (Å²) in [7, 11) is 2.10. The van der Waals surface area contributed by atoms with E-state index in [4.69, 9.17) is 0 Å². The fourth-order valence-corrected chi connectivity index (χ4v) is 4.14. The molecular formula is C20H21FN2O. The SMILES string of the molecule is CN1CCCC2C(C1)c1cc(F)ccc1N2C(=O)c1ccccc1. The minimum atomic E-state index is -0.228. The van der Waals surface area contributed by atoms with E-state index in [-0.39, 0.29) is 23.7 Å². The highest BCUT2D eigenvalue weighted by molar-refractivity contribution is 6.08. The van der Waals surface area contributed by atoms with Crippen molar-refractivity contribution in [2.75, 3.05) is 25.0 Å². The van der Waals surface area contributed by atoms with E-state index < -0.39 is 0 Å². The second kappa shape index (κ2) is 6.02. The maximum absolute atomic E-state index is 13.9. The number of benzene rings is 2. The van der Waals surface area contributed by atoms with E-state index in [1.165, 1.54) is 6.07 Å². The van der Waals surface area contributed by atoms with E-state index in [9.17, 15) is 9.18 Å². The van der Waals surface area contributed by atoms with Crippen LogP contribution in [-0.4, -0.2) is 37.0 Å². The molecule has 3 nitrogen and oxygen atoms in total. The molecule has 2 aliphatic heterocycles. The molecule has 0 aliphatic carbocycles. The molecule has 1 amide bonds. The zero-order valence-corrected chi connectivity index (χ0v) is 13.8. The number of amides is 1. The average Bonchev–Trinajstić information content (AvgIpc) is 2.74. The lowest BCUT2D eigenvalue weighted by atomic mass is 9.93. The van der Waals surface area contributed by atoms with Crippen LogP contribution >= 0.6 is 0 Å². The maximum atomic E-state index is 13.9. The number of carbonyl (C=O) groups excluding carboxylic acids is 1. The second-order valence-electron chi connectivity index (χ2n) is 6.82. The van der Waals surface area contributed by atoms with Crippen LogP contribution in [-0.2, 0) is 0 Å². The molecule has 0 bridgehead atoms. The Kier molecular flexibility index (Phi) is 3.85. The van der Waals surface area contributed by atoms with Crippen LogP contribution in [0, 0.1) is 5.82 Å². The van der Waals surface area contributed by atoms with Crippen molar-refractivity contribution in [3.05, 3.63) is 65.5 Å². The third-order valence-electron chi connectivity index (χ3n) is 5.23. The van der Waals surface area contributed by atoms with E-state index in [2.05, 4.69) is 11.9 Å². The van der Waals surface area contributed by atoms with Crippen LogP contribution in [0.3, 0.4) is 0 Å². The van der Waals surface area contributed by atoms with Gasteiger partial charge >= 0.3 is 0 Å². The van der Waals surface area contributed by atoms with Gasteiger partial charge in [-0.25, -0.2) is 4.39 Å². The highest BCUT2D eigenvalue weighted by Gasteiger charge is 2.43. The summed E-state index contributed by atoms with van der Waals surface area (Å²) in [4.78, 5) is 17.4. The van der Waals surface area contributed by atoms with Crippen molar-refractivity contribution in [2.24, 2.45) is 0 Å². The summed E-state index contributed by atoms with van der Waals surface area (Å²) in [6.07, 6.45) is 2.00. The van der Waals surface area contributed by atoms with Crippen molar-refractivity contribution >= 4 is 11.6 Å². The monoisotopic (exact) mass is 324 g/mol. The third-order valence-corrected chi connectivity index (χ3v) is 5.23. The molecule has 2 heterocycles. The summed E-state index contributed by atoms with van der Waals surface area (Å²) in [5, 5.41) is 0. The normalized spacial score (nSPS) is 23.5. The average molecular weight is 324 g/mol. The summed E-state index contributed by atoms with van der Waals surface area (Å²) in [6, 6.07) is 14.3. The molecule has 2 aromatic carbocycles. The van der Waals surface area contributed by atoms with Gasteiger partial charge < -0.3 is 9.80 Å². The Morgan fingerprint density at radius 1 is 1.17 bits per heavy atom. The second-order valence-corrected chi connectivity index (χ2v) is 6.82. The lowest BCUT2D eigenvalue weighted by Crippen LogP contribution is -2.40. The highest BCUT2D eigenvalue weighted by Crippen LogP contribution is 2.45. The standard InChI is InChI=1S/C20H21FN2O/c1-22-11-5-8-18-17(13-22)16-12-15(21)9-10-19(16)23(18)20(24)14-6-3-2-4-7-14/h2-4,6-7,9-10,12,17-18H,5,8,11,13H2,1H3. The van der Waals surface area contributed by atoms with Crippen molar-refractivity contribution in [1.29, 1.82) is 0 Å². The third kappa shape index (κ3) is 2.51. The van der Waals surface area contributed by atoms with Crippen LogP contribution < -0.4 is 4.90 Å². The van der Waals surface area contributed by atoms with Gasteiger partial charge in [-0.1, -0.05) is 18.2 Å². The summed E-state index contributed by atoms with van der Waals surface area (Å²) >= 11 is 0. The molecule has 0 aromatic heterocycles. The number of nitrogens with zero attached hydrogens (tertiary/aromatic N) is 2. The van der Waals surface area contributed by atoms with Crippen molar-refractivity contribution < 1.29 is 9.18 Å². The molecule has 2 unspecified atom stereocenters. The Labute approximate surface area is 141 Å². The van der Waals surface area contributed by atoms with Crippen molar-refractivity contribution in [2.45, 2.75) is 24.8 Å². The number of anilines is 1. The minimum Gasteiger partial charge on any atom is -0.306 e. The first-order valence-electron chi connectivity index (χ1n) is 8.52. The van der Waals surface area contributed by atoms with Gasteiger partial charge in [-0.3, -0.25) is 4.79 Å². The zero-order chi connectivity index (χ0) is 16.7. The molecule has 2 aromatic rings. The number of rotatable bonds is 1. The van der Waals surface area contributed by atoms with E-state index in [0.717, 1.165) is 37.2 Å². The van der Waals surface area contributed by atoms with Gasteiger partial charge in [-0.15, -0.1) is 0 Å². The van der Waals surface area contributed by atoms with Crippen LogP contribution in [0.5, 0.6) is 0 Å². The Hall–Kier alpha value is -2.20. The lowest BCUT2D eigenvalue weighted by molar-refractivity contribution is 0.0976. The summed E-state index contributed by atoms with van der Waals surface area (Å²) in [5.74, 6) is -0.0372. The van der Waals surface area contributed by atoms with Gasteiger partial charge in [0.05, 0.1) is 0 Å². The quantitative estimate of drug-likeness (QED) is 0.799. The summed E-state index contributed by atoms with van der Waals surface area (Å²) in [5.41, 5.74) is 2.53.